The molecule has 0 aromatic rings. The summed E-state index contributed by atoms with van der Waals surface area (Å²) in [6.45, 7) is 7.64. The van der Waals surface area contributed by atoms with Crippen molar-refractivity contribution in [1.29, 1.82) is 0 Å². The standard InChI is InChI=1S/C14H26N2O4/c1-4-10(5-2)7-15-14(19)16(6-3)12-9-20-8-11(12)13(17)18/h10-12H,4-9H2,1-3H3,(H,15,19)(H,17,18). The van der Waals surface area contributed by atoms with Crippen LogP contribution >= 0.6 is 0 Å². The van der Waals surface area contributed by atoms with Crippen molar-refractivity contribution in [3.63, 3.8) is 0 Å². The molecule has 1 aliphatic rings. The van der Waals surface area contributed by atoms with Crippen LogP contribution in [0, 0.1) is 11.8 Å². The molecular formula is C14H26N2O4. The Balaban J connectivity index is 2.60. The summed E-state index contributed by atoms with van der Waals surface area (Å²) in [5, 5.41) is 12.1. The summed E-state index contributed by atoms with van der Waals surface area (Å²) in [6, 6.07) is -0.569. The minimum absolute atomic E-state index is 0.177. The van der Waals surface area contributed by atoms with Crippen molar-refractivity contribution in [3.05, 3.63) is 0 Å². The fourth-order valence-corrected chi connectivity index (χ4v) is 2.53. The molecular weight excluding hydrogens is 260 g/mol. The number of rotatable bonds is 7. The minimum Gasteiger partial charge on any atom is -0.481 e. The van der Waals surface area contributed by atoms with Crippen LogP contribution in [0.2, 0.25) is 0 Å². The third kappa shape index (κ3) is 4.10. The van der Waals surface area contributed by atoms with E-state index < -0.39 is 11.9 Å². The summed E-state index contributed by atoms with van der Waals surface area (Å²) < 4.78 is 5.23. The van der Waals surface area contributed by atoms with Crippen molar-refractivity contribution >= 4 is 12.0 Å². The minimum atomic E-state index is -0.904. The molecule has 0 bridgehead atoms. The molecule has 1 fully saturated rings. The van der Waals surface area contributed by atoms with E-state index in [0.29, 0.717) is 25.6 Å². The summed E-state index contributed by atoms with van der Waals surface area (Å²) in [5.41, 5.74) is 0. The van der Waals surface area contributed by atoms with Crippen molar-refractivity contribution < 1.29 is 19.4 Å². The van der Waals surface area contributed by atoms with E-state index in [9.17, 15) is 9.59 Å². The summed E-state index contributed by atoms with van der Waals surface area (Å²) in [5.74, 6) is -1.07. The SMILES string of the molecule is CCC(CC)CNC(=O)N(CC)C1COCC1C(=O)O. The maximum Gasteiger partial charge on any atom is 0.317 e. The quantitative estimate of drug-likeness (QED) is 0.744. The number of aliphatic carboxylic acids is 1. The second-order valence-corrected chi connectivity index (χ2v) is 5.20. The molecule has 0 saturated carbocycles. The molecule has 2 N–H and O–H groups in total. The van der Waals surface area contributed by atoms with Crippen LogP contribution in [0.3, 0.4) is 0 Å². The van der Waals surface area contributed by atoms with Gasteiger partial charge in [0.25, 0.3) is 0 Å². The zero-order chi connectivity index (χ0) is 15.1. The highest BCUT2D eigenvalue weighted by Gasteiger charge is 2.39. The molecule has 0 spiro atoms. The summed E-state index contributed by atoms with van der Waals surface area (Å²) in [6.07, 6.45) is 2.04. The molecule has 1 aliphatic heterocycles. The average molecular weight is 286 g/mol. The van der Waals surface area contributed by atoms with Crippen molar-refractivity contribution in [2.45, 2.75) is 39.7 Å². The Labute approximate surface area is 120 Å². The van der Waals surface area contributed by atoms with Gasteiger partial charge in [-0.05, 0) is 12.8 Å². The number of likely N-dealkylation sites (N-methyl/N-ethyl adjacent to an activating group) is 1. The van der Waals surface area contributed by atoms with Crippen LogP contribution in [0.4, 0.5) is 4.79 Å². The van der Waals surface area contributed by atoms with Gasteiger partial charge in [0.05, 0.1) is 19.3 Å². The number of carbonyl (C=O) groups is 2. The number of carbonyl (C=O) groups excluding carboxylic acids is 1. The number of carboxylic acid groups (broad SMARTS) is 1. The van der Waals surface area contributed by atoms with Crippen LogP contribution < -0.4 is 5.32 Å². The Morgan fingerprint density at radius 2 is 1.95 bits per heavy atom. The van der Waals surface area contributed by atoms with E-state index in [4.69, 9.17) is 9.84 Å². The molecule has 2 atom stereocenters. The first-order valence-corrected chi connectivity index (χ1v) is 7.40. The lowest BCUT2D eigenvalue weighted by molar-refractivity contribution is -0.142. The highest BCUT2D eigenvalue weighted by atomic mass is 16.5. The molecule has 0 aromatic heterocycles. The number of hydrogen-bond donors (Lipinski definition) is 2. The number of nitrogens with zero attached hydrogens (tertiary/aromatic N) is 1. The zero-order valence-electron chi connectivity index (χ0n) is 12.6. The molecule has 0 radical (unpaired) electrons. The van der Waals surface area contributed by atoms with E-state index in [1.165, 1.54) is 0 Å². The van der Waals surface area contributed by atoms with Gasteiger partial charge >= 0.3 is 12.0 Å². The molecule has 2 amide bonds. The van der Waals surface area contributed by atoms with Crippen LogP contribution in [0.25, 0.3) is 0 Å². The Morgan fingerprint density at radius 1 is 1.30 bits per heavy atom. The summed E-state index contributed by atoms with van der Waals surface area (Å²) in [7, 11) is 0. The third-order valence-electron chi connectivity index (χ3n) is 4.07. The van der Waals surface area contributed by atoms with Crippen LogP contribution in [0.1, 0.15) is 33.6 Å². The normalized spacial score (nSPS) is 22.0. The lowest BCUT2D eigenvalue weighted by Gasteiger charge is -2.30. The zero-order valence-corrected chi connectivity index (χ0v) is 12.6. The first kappa shape index (κ1) is 16.8. The monoisotopic (exact) mass is 286 g/mol. The van der Waals surface area contributed by atoms with Crippen molar-refractivity contribution in [3.8, 4) is 0 Å². The van der Waals surface area contributed by atoms with E-state index in [1.54, 1.807) is 4.90 Å². The van der Waals surface area contributed by atoms with Crippen LogP contribution in [0.5, 0.6) is 0 Å². The third-order valence-corrected chi connectivity index (χ3v) is 4.07. The van der Waals surface area contributed by atoms with E-state index >= 15 is 0 Å². The van der Waals surface area contributed by atoms with E-state index in [2.05, 4.69) is 19.2 Å². The van der Waals surface area contributed by atoms with Gasteiger partial charge in [-0.2, -0.15) is 0 Å². The largest absolute Gasteiger partial charge is 0.481 e. The number of ether oxygens (including phenoxy) is 1. The Hall–Kier alpha value is -1.30. The van der Waals surface area contributed by atoms with Crippen LogP contribution in [-0.4, -0.2) is 54.4 Å². The predicted molar refractivity (Wildman–Crippen MR) is 75.6 cm³/mol. The maximum atomic E-state index is 12.2. The van der Waals surface area contributed by atoms with E-state index in [1.807, 2.05) is 6.92 Å². The first-order chi connectivity index (χ1) is 9.54. The van der Waals surface area contributed by atoms with Gasteiger partial charge < -0.3 is 20.1 Å². The average Bonchev–Trinajstić information content (AvgIpc) is 2.90. The highest BCUT2D eigenvalue weighted by Crippen LogP contribution is 2.20. The lowest BCUT2D eigenvalue weighted by Crippen LogP contribution is -2.51. The molecule has 1 rings (SSSR count). The van der Waals surface area contributed by atoms with Crippen molar-refractivity contribution in [2.24, 2.45) is 11.8 Å². The van der Waals surface area contributed by atoms with E-state index in [0.717, 1.165) is 12.8 Å². The maximum absolute atomic E-state index is 12.2. The van der Waals surface area contributed by atoms with Crippen LogP contribution in [0.15, 0.2) is 0 Å². The number of amides is 2. The van der Waals surface area contributed by atoms with Gasteiger partial charge in [0, 0.05) is 13.1 Å². The molecule has 0 aliphatic carbocycles. The van der Waals surface area contributed by atoms with Crippen molar-refractivity contribution in [1.82, 2.24) is 10.2 Å². The predicted octanol–water partition coefficient (Wildman–Crippen LogP) is 1.55. The van der Waals surface area contributed by atoms with Gasteiger partial charge in [0.2, 0.25) is 0 Å². The molecule has 1 heterocycles. The van der Waals surface area contributed by atoms with Crippen LogP contribution in [-0.2, 0) is 9.53 Å². The van der Waals surface area contributed by atoms with Gasteiger partial charge in [-0.1, -0.05) is 26.7 Å². The Morgan fingerprint density at radius 3 is 2.45 bits per heavy atom. The topological polar surface area (TPSA) is 78.9 Å². The number of hydrogen-bond acceptors (Lipinski definition) is 3. The smallest absolute Gasteiger partial charge is 0.317 e. The van der Waals surface area contributed by atoms with Gasteiger partial charge in [-0.25, -0.2) is 4.79 Å². The molecule has 116 valence electrons. The molecule has 6 heteroatoms. The van der Waals surface area contributed by atoms with Gasteiger partial charge in [-0.15, -0.1) is 0 Å². The van der Waals surface area contributed by atoms with Gasteiger partial charge in [0.1, 0.15) is 5.92 Å². The summed E-state index contributed by atoms with van der Waals surface area (Å²) in [4.78, 5) is 25.0. The molecule has 20 heavy (non-hydrogen) atoms. The number of nitrogens with one attached hydrogen (secondary N) is 1. The fraction of sp³-hybridized carbons (Fsp3) is 0.857. The van der Waals surface area contributed by atoms with E-state index in [-0.39, 0.29) is 18.7 Å². The second kappa shape index (κ2) is 8.09. The Bertz CT molecular complexity index is 331. The highest BCUT2D eigenvalue weighted by molar-refractivity contribution is 5.77. The van der Waals surface area contributed by atoms with Gasteiger partial charge in [0.15, 0.2) is 0 Å². The number of urea groups is 1. The van der Waals surface area contributed by atoms with Gasteiger partial charge in [-0.3, -0.25) is 4.79 Å². The fourth-order valence-electron chi connectivity index (χ4n) is 2.53. The lowest BCUT2D eigenvalue weighted by atomic mass is 10.0. The Kier molecular flexibility index (Phi) is 6.78. The summed E-state index contributed by atoms with van der Waals surface area (Å²) >= 11 is 0. The number of carboxylic acids is 1. The van der Waals surface area contributed by atoms with Crippen molar-refractivity contribution in [2.75, 3.05) is 26.3 Å². The molecule has 0 aromatic carbocycles. The molecule has 2 unspecified atom stereocenters. The second-order valence-electron chi connectivity index (χ2n) is 5.20. The molecule has 6 nitrogen and oxygen atoms in total. The first-order valence-electron chi connectivity index (χ1n) is 7.40. The molecule has 1 saturated heterocycles.